The van der Waals surface area contributed by atoms with Crippen LogP contribution < -0.4 is 5.32 Å². The lowest BCUT2D eigenvalue weighted by molar-refractivity contribution is 0.489. The van der Waals surface area contributed by atoms with Crippen LogP contribution in [0.1, 0.15) is 32.6 Å². The van der Waals surface area contributed by atoms with Crippen molar-refractivity contribution in [2.45, 2.75) is 43.0 Å². The number of thiazole rings is 1. The molecule has 1 N–H and O–H groups in total. The van der Waals surface area contributed by atoms with Gasteiger partial charge in [0.15, 0.2) is 0 Å². The van der Waals surface area contributed by atoms with Gasteiger partial charge in [-0.3, -0.25) is 0 Å². The van der Waals surface area contributed by atoms with E-state index < -0.39 is 0 Å². The molecule has 1 fully saturated rings. The maximum Gasteiger partial charge on any atom is 0.149 e. The lowest BCUT2D eigenvalue weighted by Gasteiger charge is -2.12. The van der Waals surface area contributed by atoms with Crippen LogP contribution in [0.5, 0.6) is 0 Å². The topological polar surface area (TPSA) is 24.9 Å². The van der Waals surface area contributed by atoms with E-state index in [1.54, 1.807) is 11.3 Å². The van der Waals surface area contributed by atoms with E-state index in [9.17, 15) is 0 Å². The minimum Gasteiger partial charge on any atom is -0.314 e. The number of hydrogen-bond acceptors (Lipinski definition) is 4. The van der Waals surface area contributed by atoms with Crippen molar-refractivity contribution in [3.8, 4) is 0 Å². The summed E-state index contributed by atoms with van der Waals surface area (Å²) in [4.78, 5) is 4.26. The fourth-order valence-corrected chi connectivity index (χ4v) is 3.45. The van der Waals surface area contributed by atoms with Crippen LogP contribution in [0, 0.1) is 5.92 Å². The molecule has 1 heterocycles. The Hall–Kier alpha value is -0.0600. The summed E-state index contributed by atoms with van der Waals surface area (Å²) in [6.07, 6.45) is 7.42. The first-order valence-corrected chi connectivity index (χ1v) is 7.97. The Morgan fingerprint density at radius 1 is 1.62 bits per heavy atom. The van der Waals surface area contributed by atoms with Crippen LogP contribution in [0.3, 0.4) is 0 Å². The monoisotopic (exact) mass is 256 g/mol. The molecular formula is C12H20N2S2. The van der Waals surface area contributed by atoms with Crippen LogP contribution in [-0.4, -0.2) is 23.3 Å². The maximum atomic E-state index is 4.26. The molecule has 1 aromatic heterocycles. The van der Waals surface area contributed by atoms with Crippen molar-refractivity contribution in [1.82, 2.24) is 10.3 Å². The summed E-state index contributed by atoms with van der Waals surface area (Å²) in [7, 11) is 0. The molecule has 1 aromatic rings. The fraction of sp³-hybridized carbons (Fsp3) is 0.750. The zero-order valence-corrected chi connectivity index (χ0v) is 11.4. The predicted octanol–water partition coefficient (Wildman–Crippen LogP) is 3.40. The van der Waals surface area contributed by atoms with Crippen LogP contribution in [-0.2, 0) is 0 Å². The highest BCUT2D eigenvalue weighted by Gasteiger charge is 2.22. The zero-order valence-electron chi connectivity index (χ0n) is 9.82. The van der Waals surface area contributed by atoms with Crippen LogP contribution >= 0.6 is 23.1 Å². The molecule has 4 heteroatoms. The van der Waals surface area contributed by atoms with E-state index in [0.29, 0.717) is 6.04 Å². The van der Waals surface area contributed by atoms with Gasteiger partial charge in [0.25, 0.3) is 0 Å². The van der Waals surface area contributed by atoms with Gasteiger partial charge in [-0.2, -0.15) is 0 Å². The Morgan fingerprint density at radius 2 is 2.50 bits per heavy atom. The smallest absolute Gasteiger partial charge is 0.149 e. The predicted molar refractivity (Wildman–Crippen MR) is 72.3 cm³/mol. The van der Waals surface area contributed by atoms with Crippen molar-refractivity contribution < 1.29 is 0 Å². The largest absolute Gasteiger partial charge is 0.314 e. The number of nitrogens with zero attached hydrogens (tertiary/aromatic N) is 1. The van der Waals surface area contributed by atoms with Crippen LogP contribution in [0.15, 0.2) is 15.9 Å². The molecule has 0 radical (unpaired) electrons. The molecular weight excluding hydrogens is 236 g/mol. The average Bonchev–Trinajstić information content (AvgIpc) is 2.93. The SMILES string of the molecule is CC(CC1CC1)NCCCSc1nccs1. The molecule has 1 aliphatic rings. The van der Waals surface area contributed by atoms with E-state index in [1.807, 2.05) is 23.3 Å². The molecule has 2 rings (SSSR count). The molecule has 0 aliphatic heterocycles. The van der Waals surface area contributed by atoms with Crippen molar-refractivity contribution in [3.63, 3.8) is 0 Å². The molecule has 0 aromatic carbocycles. The van der Waals surface area contributed by atoms with Gasteiger partial charge in [0.05, 0.1) is 0 Å². The van der Waals surface area contributed by atoms with Crippen molar-refractivity contribution >= 4 is 23.1 Å². The number of hydrogen-bond donors (Lipinski definition) is 1. The summed E-state index contributed by atoms with van der Waals surface area (Å²) in [6, 6.07) is 0.706. The first kappa shape index (κ1) is 12.4. The second kappa shape index (κ2) is 6.62. The van der Waals surface area contributed by atoms with Gasteiger partial charge in [-0.05, 0) is 32.2 Å². The van der Waals surface area contributed by atoms with E-state index in [1.165, 1.54) is 35.8 Å². The van der Waals surface area contributed by atoms with E-state index in [4.69, 9.17) is 0 Å². The Balaban J connectivity index is 1.45. The second-order valence-corrected chi connectivity index (χ2v) is 6.77. The molecule has 0 amide bonds. The highest BCUT2D eigenvalue weighted by molar-refractivity contribution is 8.00. The van der Waals surface area contributed by atoms with Gasteiger partial charge >= 0.3 is 0 Å². The Labute approximate surface area is 106 Å². The molecule has 0 bridgehead atoms. The van der Waals surface area contributed by atoms with Crippen molar-refractivity contribution in [3.05, 3.63) is 11.6 Å². The number of nitrogens with one attached hydrogen (secondary N) is 1. The summed E-state index contributed by atoms with van der Waals surface area (Å²) >= 11 is 3.61. The molecule has 2 nitrogen and oxygen atoms in total. The summed E-state index contributed by atoms with van der Waals surface area (Å²) < 4.78 is 1.20. The zero-order chi connectivity index (χ0) is 11.2. The number of aromatic nitrogens is 1. The van der Waals surface area contributed by atoms with E-state index in [-0.39, 0.29) is 0 Å². The third-order valence-corrected chi connectivity index (χ3v) is 4.89. The summed E-state index contributed by atoms with van der Waals surface area (Å²) in [6.45, 7) is 3.46. The van der Waals surface area contributed by atoms with Crippen LogP contribution in [0.25, 0.3) is 0 Å². The van der Waals surface area contributed by atoms with E-state index in [0.717, 1.165) is 12.5 Å². The van der Waals surface area contributed by atoms with E-state index >= 15 is 0 Å². The fourth-order valence-electron chi connectivity index (χ4n) is 1.80. The second-order valence-electron chi connectivity index (χ2n) is 4.53. The maximum absolute atomic E-state index is 4.26. The van der Waals surface area contributed by atoms with Crippen LogP contribution in [0.2, 0.25) is 0 Å². The van der Waals surface area contributed by atoms with E-state index in [2.05, 4.69) is 17.2 Å². The molecule has 1 atom stereocenters. The standard InChI is InChI=1S/C12H20N2S2/c1-10(9-11-3-4-11)13-5-2-7-15-12-14-6-8-16-12/h6,8,10-11,13H,2-5,7,9H2,1H3. The van der Waals surface area contributed by atoms with Crippen LogP contribution in [0.4, 0.5) is 0 Å². The normalized spacial score (nSPS) is 17.6. The van der Waals surface area contributed by atoms with Crippen molar-refractivity contribution in [1.29, 1.82) is 0 Å². The van der Waals surface area contributed by atoms with Gasteiger partial charge in [0.1, 0.15) is 4.34 Å². The Bertz CT molecular complexity index is 283. The summed E-state index contributed by atoms with van der Waals surface area (Å²) in [5.74, 6) is 2.21. The molecule has 1 unspecified atom stereocenters. The minimum atomic E-state index is 0.706. The molecule has 1 saturated carbocycles. The van der Waals surface area contributed by atoms with Crippen molar-refractivity contribution in [2.24, 2.45) is 5.92 Å². The van der Waals surface area contributed by atoms with Crippen molar-refractivity contribution in [2.75, 3.05) is 12.3 Å². The first-order valence-electron chi connectivity index (χ1n) is 6.10. The van der Waals surface area contributed by atoms with Gasteiger partial charge in [-0.15, -0.1) is 11.3 Å². The third kappa shape index (κ3) is 4.85. The van der Waals surface area contributed by atoms with Gasteiger partial charge < -0.3 is 5.32 Å². The lowest BCUT2D eigenvalue weighted by atomic mass is 10.1. The lowest BCUT2D eigenvalue weighted by Crippen LogP contribution is -2.27. The van der Waals surface area contributed by atoms with Gasteiger partial charge in [-0.1, -0.05) is 24.6 Å². The van der Waals surface area contributed by atoms with Gasteiger partial charge in [-0.25, -0.2) is 4.98 Å². The molecule has 1 aliphatic carbocycles. The quantitative estimate of drug-likeness (QED) is 0.570. The summed E-state index contributed by atoms with van der Waals surface area (Å²) in [5.41, 5.74) is 0. The highest BCUT2D eigenvalue weighted by atomic mass is 32.2. The molecule has 90 valence electrons. The first-order chi connectivity index (χ1) is 7.84. The minimum absolute atomic E-state index is 0.706. The average molecular weight is 256 g/mol. The highest BCUT2D eigenvalue weighted by Crippen LogP contribution is 2.33. The Kier molecular flexibility index (Phi) is 5.13. The van der Waals surface area contributed by atoms with Gasteiger partial charge in [0, 0.05) is 23.4 Å². The molecule has 0 saturated heterocycles. The third-order valence-electron chi connectivity index (χ3n) is 2.83. The Morgan fingerprint density at radius 3 is 3.19 bits per heavy atom. The number of thioether (sulfide) groups is 1. The molecule has 0 spiro atoms. The molecule has 16 heavy (non-hydrogen) atoms. The summed E-state index contributed by atoms with van der Waals surface area (Å²) in [5, 5.41) is 5.64. The number of rotatable bonds is 8. The van der Waals surface area contributed by atoms with Gasteiger partial charge in [0.2, 0.25) is 0 Å².